The highest BCUT2D eigenvalue weighted by Crippen LogP contribution is 2.35. The Balaban J connectivity index is 2.59. The van der Waals surface area contributed by atoms with Gasteiger partial charge in [-0.1, -0.05) is 0 Å². The number of sulfonamides is 1. The van der Waals surface area contributed by atoms with Gasteiger partial charge in [-0.15, -0.1) is 11.3 Å². The zero-order valence-electron chi connectivity index (χ0n) is 14.7. The lowest BCUT2D eigenvalue weighted by Gasteiger charge is -2.34. The van der Waals surface area contributed by atoms with Crippen LogP contribution in [0.4, 0.5) is 0 Å². The van der Waals surface area contributed by atoms with Gasteiger partial charge in [0.2, 0.25) is 0 Å². The molecule has 2 heterocycles. The molecular weight excluding hydrogens is 370 g/mol. The second-order valence-corrected chi connectivity index (χ2v) is 8.93. The highest BCUT2D eigenvalue weighted by molar-refractivity contribution is 7.91. The molecule has 1 aromatic rings. The lowest BCUT2D eigenvalue weighted by atomic mass is 10.2. The molecule has 1 saturated heterocycles. The Bertz CT molecular complexity index is 774. The molecule has 10 heteroatoms. The van der Waals surface area contributed by atoms with Gasteiger partial charge in [-0.2, -0.15) is 4.31 Å². The fraction of sp³-hybridized carbons (Fsp3) is 0.600. The van der Waals surface area contributed by atoms with Crippen LogP contribution < -0.4 is 0 Å². The molecule has 0 bridgehead atoms. The predicted molar refractivity (Wildman–Crippen MR) is 90.5 cm³/mol. The number of nitrogens with zero attached hydrogens (tertiary/aromatic N) is 1. The van der Waals surface area contributed by atoms with Gasteiger partial charge in [0.25, 0.3) is 10.0 Å². The number of hydrogen-bond acceptors (Lipinski definition) is 8. The van der Waals surface area contributed by atoms with Crippen LogP contribution >= 0.6 is 11.3 Å². The van der Waals surface area contributed by atoms with Gasteiger partial charge in [-0.25, -0.2) is 18.0 Å². The zero-order chi connectivity index (χ0) is 18.9. The van der Waals surface area contributed by atoms with Gasteiger partial charge in [-0.05, 0) is 26.3 Å². The van der Waals surface area contributed by atoms with Crippen molar-refractivity contribution in [1.82, 2.24) is 4.31 Å². The minimum Gasteiger partial charge on any atom is -0.465 e. The molecule has 0 aliphatic carbocycles. The van der Waals surface area contributed by atoms with Crippen molar-refractivity contribution in [1.29, 1.82) is 0 Å². The normalized spacial score (nSPS) is 21.8. The summed E-state index contributed by atoms with van der Waals surface area (Å²) in [5.41, 5.74) is 0.108. The van der Waals surface area contributed by atoms with Crippen molar-refractivity contribution in [3.63, 3.8) is 0 Å². The summed E-state index contributed by atoms with van der Waals surface area (Å²) in [6, 6.07) is 0. The maximum absolute atomic E-state index is 13.1. The third kappa shape index (κ3) is 3.71. The Hall–Kier alpha value is -1.49. The van der Waals surface area contributed by atoms with Crippen molar-refractivity contribution in [2.24, 2.45) is 0 Å². The maximum atomic E-state index is 13.1. The van der Waals surface area contributed by atoms with Gasteiger partial charge in [0.05, 0.1) is 32.0 Å². The number of carbonyl (C=O) groups is 2. The highest BCUT2D eigenvalue weighted by atomic mass is 32.2. The van der Waals surface area contributed by atoms with E-state index in [0.29, 0.717) is 0 Å². The van der Waals surface area contributed by atoms with Crippen molar-refractivity contribution in [2.45, 2.75) is 37.2 Å². The number of thiophene rings is 1. The van der Waals surface area contributed by atoms with Crippen LogP contribution in [0.2, 0.25) is 0 Å². The summed E-state index contributed by atoms with van der Waals surface area (Å²) < 4.78 is 42.3. The molecule has 2 atom stereocenters. The molecule has 25 heavy (non-hydrogen) atoms. The summed E-state index contributed by atoms with van der Waals surface area (Å²) in [5.74, 6) is -1.50. The van der Waals surface area contributed by atoms with E-state index in [2.05, 4.69) is 4.74 Å². The molecule has 0 spiro atoms. The second-order valence-electron chi connectivity index (χ2n) is 5.78. The number of ether oxygens (including phenoxy) is 3. The molecule has 0 unspecified atom stereocenters. The van der Waals surface area contributed by atoms with Crippen molar-refractivity contribution in [3.05, 3.63) is 16.0 Å². The maximum Gasteiger partial charge on any atom is 0.348 e. The largest absolute Gasteiger partial charge is 0.465 e. The van der Waals surface area contributed by atoms with Crippen LogP contribution in [0, 0.1) is 6.92 Å². The van der Waals surface area contributed by atoms with Crippen LogP contribution in [-0.2, 0) is 24.2 Å². The number of methoxy groups -OCH3 is 2. The minimum atomic E-state index is -3.99. The molecule has 140 valence electrons. The van der Waals surface area contributed by atoms with Crippen LogP contribution in [0.25, 0.3) is 0 Å². The minimum absolute atomic E-state index is 0.0656. The van der Waals surface area contributed by atoms with Crippen molar-refractivity contribution in [3.8, 4) is 0 Å². The molecule has 1 fully saturated rings. The molecule has 1 aliphatic heterocycles. The smallest absolute Gasteiger partial charge is 0.348 e. The van der Waals surface area contributed by atoms with E-state index >= 15 is 0 Å². The van der Waals surface area contributed by atoms with E-state index in [9.17, 15) is 18.0 Å². The van der Waals surface area contributed by atoms with E-state index in [4.69, 9.17) is 9.47 Å². The average molecular weight is 391 g/mol. The zero-order valence-corrected chi connectivity index (χ0v) is 16.3. The third-order valence-corrected chi connectivity index (χ3v) is 7.43. The first kappa shape index (κ1) is 19.8. The topological polar surface area (TPSA) is 99.2 Å². The lowest BCUT2D eigenvalue weighted by molar-refractivity contribution is -0.0440. The standard InChI is InChI=1S/C15H21NO7S2/c1-8-6-16(7-9(2)23-8)25(19,20)15-11(13(17)21-4)10(3)12(24-15)14(18)22-5/h8-9H,6-7H2,1-5H3/t8-,9+. The van der Waals surface area contributed by atoms with Gasteiger partial charge in [0.15, 0.2) is 4.21 Å². The predicted octanol–water partition coefficient (Wildman–Crippen LogP) is 1.43. The fourth-order valence-corrected chi connectivity index (χ4v) is 6.21. The van der Waals surface area contributed by atoms with Crippen LogP contribution in [-0.4, -0.2) is 64.2 Å². The van der Waals surface area contributed by atoms with Gasteiger partial charge < -0.3 is 14.2 Å². The second kappa shape index (κ2) is 7.40. The van der Waals surface area contributed by atoms with Crippen LogP contribution in [0.3, 0.4) is 0 Å². The quantitative estimate of drug-likeness (QED) is 0.716. The number of carbonyl (C=O) groups excluding carboxylic acids is 2. The molecule has 1 aromatic heterocycles. The Morgan fingerprint density at radius 3 is 2.12 bits per heavy atom. The van der Waals surface area contributed by atoms with Crippen molar-refractivity contribution < 1.29 is 32.2 Å². The van der Waals surface area contributed by atoms with E-state index in [0.717, 1.165) is 18.4 Å². The number of morpholine rings is 1. The van der Waals surface area contributed by atoms with Gasteiger partial charge >= 0.3 is 11.9 Å². The summed E-state index contributed by atoms with van der Waals surface area (Å²) in [5, 5.41) is 0. The molecule has 0 saturated carbocycles. The SMILES string of the molecule is COC(=O)c1sc(S(=O)(=O)N2C[C@@H](C)O[C@@H](C)C2)c(C(=O)OC)c1C. The molecule has 8 nitrogen and oxygen atoms in total. The number of hydrogen-bond donors (Lipinski definition) is 0. The molecule has 1 aliphatic rings. The van der Waals surface area contributed by atoms with Crippen LogP contribution in [0.5, 0.6) is 0 Å². The molecule has 0 amide bonds. The van der Waals surface area contributed by atoms with E-state index < -0.39 is 22.0 Å². The summed E-state index contributed by atoms with van der Waals surface area (Å²) in [6.07, 6.45) is -0.553. The highest BCUT2D eigenvalue weighted by Gasteiger charge is 2.38. The van der Waals surface area contributed by atoms with Crippen LogP contribution in [0.15, 0.2) is 4.21 Å². The van der Waals surface area contributed by atoms with E-state index in [1.165, 1.54) is 18.3 Å². The average Bonchev–Trinajstić information content (AvgIpc) is 2.90. The number of rotatable bonds is 4. The Labute approximate surface area is 150 Å². The monoisotopic (exact) mass is 391 g/mol. The number of esters is 2. The third-order valence-electron chi connectivity index (χ3n) is 3.84. The first-order valence-electron chi connectivity index (χ1n) is 7.59. The Morgan fingerprint density at radius 1 is 1.12 bits per heavy atom. The van der Waals surface area contributed by atoms with Gasteiger partial charge in [0, 0.05) is 13.1 Å². The van der Waals surface area contributed by atoms with E-state index in [-0.39, 0.29) is 45.5 Å². The molecule has 0 aromatic carbocycles. The van der Waals surface area contributed by atoms with E-state index in [1.807, 2.05) is 0 Å². The summed E-state index contributed by atoms with van der Waals surface area (Å²) >= 11 is 0.720. The summed E-state index contributed by atoms with van der Waals surface area (Å²) in [7, 11) is -1.64. The van der Waals surface area contributed by atoms with Crippen molar-refractivity contribution >= 4 is 33.3 Å². The molecular formula is C15H21NO7S2. The molecule has 2 rings (SSSR count). The lowest BCUT2D eigenvalue weighted by Crippen LogP contribution is -2.48. The van der Waals surface area contributed by atoms with Crippen molar-refractivity contribution in [2.75, 3.05) is 27.3 Å². The Kier molecular flexibility index (Phi) is 5.87. The Morgan fingerprint density at radius 2 is 1.64 bits per heavy atom. The van der Waals surface area contributed by atoms with E-state index in [1.54, 1.807) is 13.8 Å². The van der Waals surface area contributed by atoms with Gasteiger partial charge in [0.1, 0.15) is 4.88 Å². The first-order chi connectivity index (χ1) is 11.6. The summed E-state index contributed by atoms with van der Waals surface area (Å²) in [6.45, 7) is 5.38. The first-order valence-corrected chi connectivity index (χ1v) is 9.84. The van der Waals surface area contributed by atoms with Gasteiger partial charge in [-0.3, -0.25) is 0 Å². The molecule has 0 radical (unpaired) electrons. The van der Waals surface area contributed by atoms with Crippen LogP contribution in [0.1, 0.15) is 39.4 Å². The summed E-state index contributed by atoms with van der Waals surface area (Å²) in [4.78, 5) is 24.2. The molecule has 0 N–H and O–H groups in total. The fourth-order valence-electron chi connectivity index (χ4n) is 2.74.